The third-order valence-corrected chi connectivity index (χ3v) is 6.09. The van der Waals surface area contributed by atoms with Crippen LogP contribution in [-0.4, -0.2) is 43.0 Å². The van der Waals surface area contributed by atoms with Gasteiger partial charge >= 0.3 is 0 Å². The second-order valence-electron chi connectivity index (χ2n) is 6.93. The second-order valence-corrected chi connectivity index (χ2v) is 8.91. The van der Waals surface area contributed by atoms with Crippen LogP contribution in [0.15, 0.2) is 48.7 Å². The molecule has 0 unspecified atom stereocenters. The van der Waals surface area contributed by atoms with Crippen LogP contribution in [0.3, 0.4) is 0 Å². The van der Waals surface area contributed by atoms with E-state index in [1.807, 2.05) is 42.5 Å². The summed E-state index contributed by atoms with van der Waals surface area (Å²) in [6.45, 7) is 1.60. The highest BCUT2D eigenvalue weighted by molar-refractivity contribution is 7.88. The number of nitrogens with zero attached hydrogens (tertiary/aromatic N) is 2. The summed E-state index contributed by atoms with van der Waals surface area (Å²) in [6.07, 6.45) is 3.95. The average molecular weight is 404 g/mol. The van der Waals surface area contributed by atoms with Crippen LogP contribution in [-0.2, 0) is 28.0 Å². The van der Waals surface area contributed by atoms with E-state index in [1.165, 1.54) is 10.6 Å². The van der Waals surface area contributed by atoms with Gasteiger partial charge in [0.1, 0.15) is 6.61 Å². The molecule has 1 fully saturated rings. The maximum atomic E-state index is 12.4. The lowest BCUT2D eigenvalue weighted by molar-refractivity contribution is -0.126. The van der Waals surface area contributed by atoms with Gasteiger partial charge in [-0.15, -0.1) is 0 Å². The van der Waals surface area contributed by atoms with Gasteiger partial charge in [0, 0.05) is 37.8 Å². The predicted octanol–water partition coefficient (Wildman–Crippen LogP) is 1.95. The van der Waals surface area contributed by atoms with E-state index < -0.39 is 10.0 Å². The molecule has 0 saturated carbocycles. The van der Waals surface area contributed by atoms with Crippen LogP contribution >= 0.6 is 0 Å². The fraction of sp³-hybridized carbons (Fsp3) is 0.400. The molecule has 7 nitrogen and oxygen atoms in total. The first-order valence-corrected chi connectivity index (χ1v) is 11.1. The zero-order valence-electron chi connectivity index (χ0n) is 15.9. The van der Waals surface area contributed by atoms with Crippen LogP contribution in [0.1, 0.15) is 24.0 Å². The summed E-state index contributed by atoms with van der Waals surface area (Å²) in [7, 11) is -3.18. The fourth-order valence-electron chi connectivity index (χ4n) is 3.15. The molecule has 0 spiro atoms. The smallest absolute Gasteiger partial charge is 0.223 e. The van der Waals surface area contributed by atoms with Gasteiger partial charge in [0.05, 0.1) is 6.26 Å². The normalized spacial score (nSPS) is 15.9. The number of nitrogens with one attached hydrogen (secondary N) is 1. The largest absolute Gasteiger partial charge is 0.473 e. The Bertz CT molecular complexity index is 895. The Morgan fingerprint density at radius 1 is 1.18 bits per heavy atom. The zero-order chi connectivity index (χ0) is 20.0. The standard InChI is InChI=1S/C20H25N3O4S/c1-28(25,26)23-11-8-18(9-12-23)20(24)22-14-17-7-10-21-19(13-17)27-15-16-5-3-2-4-6-16/h2-7,10,13,18H,8-9,11-12,14-15H2,1H3,(H,22,24). The lowest BCUT2D eigenvalue weighted by Crippen LogP contribution is -2.42. The van der Waals surface area contributed by atoms with Gasteiger partial charge in [-0.25, -0.2) is 17.7 Å². The van der Waals surface area contributed by atoms with Crippen molar-refractivity contribution in [2.75, 3.05) is 19.3 Å². The van der Waals surface area contributed by atoms with Gasteiger partial charge in [0.15, 0.2) is 0 Å². The highest BCUT2D eigenvalue weighted by atomic mass is 32.2. The maximum Gasteiger partial charge on any atom is 0.223 e. The first-order valence-electron chi connectivity index (χ1n) is 9.26. The molecule has 28 heavy (non-hydrogen) atoms. The molecular weight excluding hydrogens is 378 g/mol. The third-order valence-electron chi connectivity index (χ3n) is 4.79. The van der Waals surface area contributed by atoms with Gasteiger partial charge in [-0.1, -0.05) is 30.3 Å². The van der Waals surface area contributed by atoms with Gasteiger partial charge in [-0.2, -0.15) is 0 Å². The minimum Gasteiger partial charge on any atom is -0.473 e. The number of carbonyl (C=O) groups is 1. The maximum absolute atomic E-state index is 12.4. The van der Waals surface area contributed by atoms with Crippen molar-refractivity contribution < 1.29 is 17.9 Å². The van der Waals surface area contributed by atoms with Crippen molar-refractivity contribution in [3.8, 4) is 5.88 Å². The second kappa shape index (κ2) is 9.16. The number of pyridine rings is 1. The van der Waals surface area contributed by atoms with Gasteiger partial charge in [0.25, 0.3) is 0 Å². The van der Waals surface area contributed by atoms with E-state index >= 15 is 0 Å². The minimum absolute atomic E-state index is 0.0447. The Morgan fingerprint density at radius 2 is 1.89 bits per heavy atom. The lowest BCUT2D eigenvalue weighted by Gasteiger charge is -2.29. The summed E-state index contributed by atoms with van der Waals surface area (Å²) in [5, 5.41) is 2.93. The Labute approximate surface area is 165 Å². The molecule has 1 amide bonds. The Kier molecular flexibility index (Phi) is 6.64. The molecule has 0 bridgehead atoms. The number of rotatable bonds is 7. The van der Waals surface area contributed by atoms with Gasteiger partial charge in [-0.05, 0) is 30.0 Å². The molecule has 0 aliphatic carbocycles. The molecule has 3 rings (SSSR count). The minimum atomic E-state index is -3.18. The molecule has 2 heterocycles. The zero-order valence-corrected chi connectivity index (χ0v) is 16.7. The molecule has 150 valence electrons. The van der Waals surface area contributed by atoms with Crippen molar-refractivity contribution >= 4 is 15.9 Å². The van der Waals surface area contributed by atoms with Crippen molar-refractivity contribution in [1.82, 2.24) is 14.6 Å². The molecule has 1 aromatic carbocycles. The Balaban J connectivity index is 1.47. The molecule has 1 saturated heterocycles. The number of amides is 1. The molecule has 1 aromatic heterocycles. The summed E-state index contributed by atoms with van der Waals surface area (Å²) < 4.78 is 30.3. The number of hydrogen-bond donors (Lipinski definition) is 1. The number of hydrogen-bond acceptors (Lipinski definition) is 5. The van der Waals surface area contributed by atoms with Crippen LogP contribution in [0, 0.1) is 5.92 Å². The monoisotopic (exact) mass is 403 g/mol. The molecule has 1 aliphatic rings. The van der Waals surface area contributed by atoms with E-state index in [0.717, 1.165) is 11.1 Å². The molecule has 2 aromatic rings. The van der Waals surface area contributed by atoms with Crippen LogP contribution < -0.4 is 10.1 Å². The van der Waals surface area contributed by atoms with Gasteiger partial charge in [-0.3, -0.25) is 4.79 Å². The Morgan fingerprint density at radius 3 is 2.57 bits per heavy atom. The molecular formula is C20H25N3O4S. The predicted molar refractivity (Wildman–Crippen MR) is 106 cm³/mol. The summed E-state index contributed by atoms with van der Waals surface area (Å²) in [6, 6.07) is 13.5. The summed E-state index contributed by atoms with van der Waals surface area (Å²) in [4.78, 5) is 16.6. The number of benzene rings is 1. The lowest BCUT2D eigenvalue weighted by atomic mass is 9.97. The van der Waals surface area contributed by atoms with E-state index in [-0.39, 0.29) is 11.8 Å². The van der Waals surface area contributed by atoms with Crippen LogP contribution in [0.2, 0.25) is 0 Å². The van der Waals surface area contributed by atoms with Crippen molar-refractivity contribution in [1.29, 1.82) is 0 Å². The summed E-state index contributed by atoms with van der Waals surface area (Å²) in [5.74, 6) is 0.308. The molecule has 1 aliphatic heterocycles. The van der Waals surface area contributed by atoms with E-state index in [4.69, 9.17) is 4.74 Å². The highest BCUT2D eigenvalue weighted by Crippen LogP contribution is 2.19. The highest BCUT2D eigenvalue weighted by Gasteiger charge is 2.28. The number of aromatic nitrogens is 1. The first kappa shape index (κ1) is 20.3. The third kappa shape index (κ3) is 5.77. The van der Waals surface area contributed by atoms with Crippen LogP contribution in [0.4, 0.5) is 0 Å². The quantitative estimate of drug-likeness (QED) is 0.763. The summed E-state index contributed by atoms with van der Waals surface area (Å²) in [5.41, 5.74) is 1.96. The number of piperidine rings is 1. The van der Waals surface area contributed by atoms with Crippen LogP contribution in [0.5, 0.6) is 5.88 Å². The number of ether oxygens (including phenoxy) is 1. The molecule has 8 heteroatoms. The molecule has 1 N–H and O–H groups in total. The first-order chi connectivity index (χ1) is 13.4. The van der Waals surface area contributed by atoms with Crippen molar-refractivity contribution in [3.63, 3.8) is 0 Å². The van der Waals surface area contributed by atoms with Crippen molar-refractivity contribution in [2.45, 2.75) is 26.0 Å². The number of carbonyl (C=O) groups excluding carboxylic acids is 1. The molecule has 0 radical (unpaired) electrons. The molecule has 0 atom stereocenters. The van der Waals surface area contributed by atoms with E-state index in [2.05, 4.69) is 10.3 Å². The van der Waals surface area contributed by atoms with Crippen molar-refractivity contribution in [3.05, 3.63) is 59.8 Å². The van der Waals surface area contributed by atoms with E-state index in [9.17, 15) is 13.2 Å². The fourth-order valence-corrected chi connectivity index (χ4v) is 4.03. The SMILES string of the molecule is CS(=O)(=O)N1CCC(C(=O)NCc2ccnc(OCc3ccccc3)c2)CC1. The van der Waals surface area contributed by atoms with Crippen LogP contribution in [0.25, 0.3) is 0 Å². The Hall–Kier alpha value is -2.45. The van der Waals surface area contributed by atoms with Gasteiger partial charge in [0.2, 0.25) is 21.8 Å². The van der Waals surface area contributed by atoms with Gasteiger partial charge < -0.3 is 10.1 Å². The average Bonchev–Trinajstić information content (AvgIpc) is 2.71. The summed E-state index contributed by atoms with van der Waals surface area (Å²) >= 11 is 0. The van der Waals surface area contributed by atoms with E-state index in [1.54, 1.807) is 6.20 Å². The van der Waals surface area contributed by atoms with Crippen molar-refractivity contribution in [2.24, 2.45) is 5.92 Å². The number of sulfonamides is 1. The van der Waals surface area contributed by atoms with E-state index in [0.29, 0.717) is 45.0 Å². The topological polar surface area (TPSA) is 88.6 Å².